The molecule has 30 nitrogen and oxygen atoms in total. The third kappa shape index (κ3) is 9.66. The van der Waals surface area contributed by atoms with Crippen molar-refractivity contribution in [2.75, 3.05) is 18.9 Å². The van der Waals surface area contributed by atoms with Gasteiger partial charge in [0.1, 0.15) is 52.6 Å². The summed E-state index contributed by atoms with van der Waals surface area (Å²) in [7, 11) is -20.9. The molecule has 3 unspecified atom stereocenters. The summed E-state index contributed by atoms with van der Waals surface area (Å²) in [6.45, 7) is -2.17. The molecule has 1 aromatic carbocycles. The Balaban J connectivity index is 0.958. The molecule has 6 aromatic rings. The molecule has 352 valence electrons. The van der Waals surface area contributed by atoms with Crippen LogP contribution in [0, 0.1) is 0 Å². The Labute approximate surface area is 368 Å². The van der Waals surface area contributed by atoms with E-state index in [4.69, 9.17) is 34.5 Å². The number of primary amides is 1. The molecule has 5 aromatic heterocycles. The summed E-state index contributed by atoms with van der Waals surface area (Å²) < 4.78 is 97.5. The summed E-state index contributed by atoms with van der Waals surface area (Å²) in [4.78, 5) is 64.3. The molecular formula is C32H35N11O19P3S+. The number of aliphatic hydroxyl groups is 3. The molecule has 34 heteroatoms. The molecule has 0 bridgehead atoms. The van der Waals surface area contributed by atoms with Crippen LogP contribution in [-0.2, 0) is 51.1 Å². The molecule has 8 rings (SSSR count). The van der Waals surface area contributed by atoms with E-state index in [-0.39, 0.29) is 49.9 Å². The van der Waals surface area contributed by atoms with Crippen LogP contribution in [0.15, 0.2) is 78.5 Å². The Bertz CT molecular complexity index is 3090. The molecule has 11 N–H and O–H groups in total. The second kappa shape index (κ2) is 17.8. The van der Waals surface area contributed by atoms with Crippen LogP contribution >= 0.6 is 23.5 Å². The number of nitrogen functional groups attached to an aromatic ring is 1. The summed E-state index contributed by atoms with van der Waals surface area (Å²) in [6, 6.07) is 9.38. The number of amides is 1. The standard InChI is InChI=1S/C32H34N11O19P3S/c33-27-22-30(39-29(38-27)15-3-5-17(6-4-15)66(55,56)43-19-7-8-36-40-18(19)10-37-43)42(14-35-22)32-26(61-63(48,49)50)24(45)21(60-32)13-58-65(53,54)62-64(51,52)57-12-20-23(44)25(46)31(59-20)41-9-1-2-16(11-41)28(34)47/h1-11,14,20-21,23-26,31-32,44-46H,12-13H2,(H7-,33,34,38,39,47,48,49,50,51,52,53,54)/p+1/t20-,21?,23-,24-,25-,26-,31-,32-/m1/s1. The first kappa shape index (κ1) is 47.4. The number of imidazole rings is 1. The van der Waals surface area contributed by atoms with Crippen LogP contribution in [-0.4, -0.2) is 138 Å². The normalized spacial score (nSPS) is 25.6. The van der Waals surface area contributed by atoms with E-state index in [0.29, 0.717) is 0 Å². The first-order valence-corrected chi connectivity index (χ1v) is 24.6. The maximum Gasteiger partial charge on any atom is 0.481 e. The number of nitrogens with two attached hydrogens (primary N) is 2. The van der Waals surface area contributed by atoms with Gasteiger partial charge in [0.05, 0.1) is 36.8 Å². The highest BCUT2D eigenvalue weighted by Crippen LogP contribution is 2.61. The summed E-state index contributed by atoms with van der Waals surface area (Å²) >= 11 is 0. The van der Waals surface area contributed by atoms with Crippen molar-refractivity contribution in [1.29, 1.82) is 0 Å². The molecule has 2 aliphatic rings. The SMILES string of the molecule is NC(=O)c1ccc[n+]([C@@H]2O[C@H](COP(=O)(O)OP(=O)(O)OCC3O[C@@H](n4cnc5c(N)nc(-c6ccc(S(=O)(=O)n7ncc8nnccc87)cc6)nc54)[C@H](OP(=O)(O)O)[C@@H]3O)[C@@H](O)[C@H]2O)c1. The van der Waals surface area contributed by atoms with E-state index in [1.54, 1.807) is 0 Å². The van der Waals surface area contributed by atoms with Gasteiger partial charge in [-0.25, -0.2) is 28.6 Å². The van der Waals surface area contributed by atoms with Crippen molar-refractivity contribution in [3.8, 4) is 11.4 Å². The van der Waals surface area contributed by atoms with Crippen molar-refractivity contribution in [2.24, 2.45) is 5.73 Å². The van der Waals surface area contributed by atoms with E-state index in [0.717, 1.165) is 15.0 Å². The number of carbonyl (C=O) groups excluding carboxylic acids is 1. The second-order valence-corrected chi connectivity index (χ2v) is 20.3. The minimum Gasteiger partial charge on any atom is -0.387 e. The maximum atomic E-state index is 13.4. The maximum absolute atomic E-state index is 13.4. The van der Waals surface area contributed by atoms with Gasteiger partial charge in [0.15, 0.2) is 42.0 Å². The number of phosphoric acid groups is 3. The van der Waals surface area contributed by atoms with Gasteiger partial charge in [0.2, 0.25) is 0 Å². The molecular weight excluding hydrogens is 967 g/mol. The quantitative estimate of drug-likeness (QED) is 0.0379. The Morgan fingerprint density at radius 3 is 2.26 bits per heavy atom. The van der Waals surface area contributed by atoms with Crippen LogP contribution in [0.3, 0.4) is 0 Å². The molecule has 0 spiro atoms. The fraction of sp³-hybridized carbons (Fsp3) is 0.312. The van der Waals surface area contributed by atoms with Gasteiger partial charge in [0, 0.05) is 11.6 Å². The minimum absolute atomic E-state index is 0.0189. The topological polar surface area (TPSA) is 443 Å². The Hall–Kier alpha value is -5.14. The molecule has 66 heavy (non-hydrogen) atoms. The molecule has 0 saturated carbocycles. The van der Waals surface area contributed by atoms with Crippen molar-refractivity contribution in [1.82, 2.24) is 38.9 Å². The summed E-state index contributed by atoms with van der Waals surface area (Å²) in [6.07, 6.45) is -7.77. The number of ether oxygens (including phenoxy) is 2. The lowest BCUT2D eigenvalue weighted by molar-refractivity contribution is -0.765. The van der Waals surface area contributed by atoms with Gasteiger partial charge in [-0.1, -0.05) is 0 Å². The van der Waals surface area contributed by atoms with E-state index >= 15 is 0 Å². The van der Waals surface area contributed by atoms with Crippen molar-refractivity contribution >= 4 is 67.4 Å². The van der Waals surface area contributed by atoms with Gasteiger partial charge in [-0.05, 0) is 36.4 Å². The van der Waals surface area contributed by atoms with Crippen molar-refractivity contribution in [3.63, 3.8) is 0 Å². The second-order valence-electron chi connectivity index (χ2n) is 14.3. The average molecular weight is 1000 g/mol. The number of carbonyl (C=O) groups is 1. The lowest BCUT2D eigenvalue weighted by Gasteiger charge is -2.22. The minimum atomic E-state index is -5.65. The lowest BCUT2D eigenvalue weighted by Crippen LogP contribution is -2.46. The van der Waals surface area contributed by atoms with E-state index < -0.39 is 102 Å². The molecule has 2 aliphatic heterocycles. The lowest BCUT2D eigenvalue weighted by atomic mass is 10.1. The third-order valence-corrected chi connectivity index (χ3v) is 14.6. The monoisotopic (exact) mass is 1000 g/mol. The van der Waals surface area contributed by atoms with E-state index in [2.05, 4.69) is 34.6 Å². The van der Waals surface area contributed by atoms with Gasteiger partial charge < -0.3 is 55.8 Å². The number of pyridine rings is 1. The molecule has 0 radical (unpaired) electrons. The molecule has 1 amide bonds. The number of nitrogens with zero attached hydrogens (tertiary/aromatic N) is 9. The number of benzene rings is 1. The summed E-state index contributed by atoms with van der Waals surface area (Å²) in [5, 5.41) is 43.6. The predicted octanol–water partition coefficient (Wildman–Crippen LogP) is -1.86. The number of aromatic nitrogens is 9. The number of anilines is 1. The zero-order valence-corrected chi connectivity index (χ0v) is 36.4. The number of hydrogen-bond donors (Lipinski definition) is 9. The molecule has 0 aliphatic carbocycles. The van der Waals surface area contributed by atoms with Gasteiger partial charge in [-0.2, -0.15) is 31.6 Å². The smallest absolute Gasteiger partial charge is 0.387 e. The van der Waals surface area contributed by atoms with E-state index in [9.17, 15) is 61.8 Å². The summed E-state index contributed by atoms with van der Waals surface area (Å²) in [5.41, 5.74) is 11.9. The summed E-state index contributed by atoms with van der Waals surface area (Å²) in [5.74, 6) is -1.15. The molecule has 2 fully saturated rings. The number of aliphatic hydroxyl groups excluding tert-OH is 3. The highest BCUT2D eigenvalue weighted by Gasteiger charge is 2.52. The first-order valence-electron chi connectivity index (χ1n) is 18.6. The Morgan fingerprint density at radius 1 is 0.909 bits per heavy atom. The van der Waals surface area contributed by atoms with Gasteiger partial charge in [0.25, 0.3) is 22.2 Å². The molecule has 2 saturated heterocycles. The van der Waals surface area contributed by atoms with Crippen LogP contribution in [0.25, 0.3) is 33.6 Å². The number of hydrogen-bond acceptors (Lipinski definition) is 22. The predicted molar refractivity (Wildman–Crippen MR) is 214 cm³/mol. The zero-order chi connectivity index (χ0) is 47.5. The van der Waals surface area contributed by atoms with Crippen LogP contribution in [0.1, 0.15) is 22.8 Å². The molecule has 7 heterocycles. The Morgan fingerprint density at radius 2 is 1.59 bits per heavy atom. The number of fused-ring (bicyclic) bond motifs is 2. The number of phosphoric ester groups is 3. The Kier molecular flexibility index (Phi) is 12.8. The highest BCUT2D eigenvalue weighted by atomic mass is 32.2. The fourth-order valence-corrected chi connectivity index (χ4v) is 10.8. The van der Waals surface area contributed by atoms with E-state index in [1.165, 1.54) is 71.8 Å². The van der Waals surface area contributed by atoms with Crippen molar-refractivity contribution in [3.05, 3.63) is 79.1 Å². The first-order chi connectivity index (χ1) is 31.0. The van der Waals surface area contributed by atoms with Crippen LogP contribution in [0.2, 0.25) is 0 Å². The van der Waals surface area contributed by atoms with E-state index in [1.807, 2.05) is 0 Å². The average Bonchev–Trinajstić information content (AvgIpc) is 4.03. The zero-order valence-electron chi connectivity index (χ0n) is 32.9. The van der Waals surface area contributed by atoms with Crippen molar-refractivity contribution < 1.29 is 93.7 Å². The molecule has 10 atom stereocenters. The largest absolute Gasteiger partial charge is 0.481 e. The van der Waals surface area contributed by atoms with Crippen molar-refractivity contribution in [2.45, 2.75) is 54.0 Å². The fourth-order valence-electron chi connectivity index (χ4n) is 6.85. The highest BCUT2D eigenvalue weighted by molar-refractivity contribution is 7.90. The van der Waals surface area contributed by atoms with Gasteiger partial charge >= 0.3 is 23.5 Å². The van der Waals surface area contributed by atoms with Gasteiger partial charge in [-0.3, -0.25) is 22.9 Å². The third-order valence-electron chi connectivity index (χ3n) is 9.90. The van der Waals surface area contributed by atoms with Crippen LogP contribution in [0.5, 0.6) is 0 Å². The van der Waals surface area contributed by atoms with Crippen LogP contribution in [0.4, 0.5) is 5.82 Å². The van der Waals surface area contributed by atoms with Gasteiger partial charge in [-0.15, -0.1) is 5.10 Å². The van der Waals surface area contributed by atoms with Crippen LogP contribution < -0.4 is 16.0 Å². The number of rotatable bonds is 16.